The van der Waals surface area contributed by atoms with Gasteiger partial charge in [0.2, 0.25) is 5.13 Å². The summed E-state index contributed by atoms with van der Waals surface area (Å²) in [6, 6.07) is 0. The van der Waals surface area contributed by atoms with Gasteiger partial charge in [-0.2, -0.15) is 0 Å². The minimum absolute atomic E-state index is 0.341. The number of aromatic amines is 1. The largest absolute Gasteiger partial charge is 0.355 e. The van der Waals surface area contributed by atoms with Crippen LogP contribution in [0.5, 0.6) is 0 Å². The Bertz CT molecular complexity index is 323. The summed E-state index contributed by atoms with van der Waals surface area (Å²) in [4.78, 5) is 0. The van der Waals surface area contributed by atoms with Crippen molar-refractivity contribution < 1.29 is 0 Å². The second-order valence-corrected chi connectivity index (χ2v) is 4.84. The molecule has 0 radical (unpaired) electrons. The molecule has 1 aliphatic rings. The van der Waals surface area contributed by atoms with E-state index in [-0.39, 0.29) is 0 Å². The molecule has 2 N–H and O–H groups in total. The highest BCUT2D eigenvalue weighted by Gasteiger charge is 2.41. The Kier molecular flexibility index (Phi) is 1.92. The molecule has 0 bridgehead atoms. The third kappa shape index (κ3) is 1.51. The summed E-state index contributed by atoms with van der Waals surface area (Å²) in [5, 5.41) is 11.2. The third-order valence-electron chi connectivity index (χ3n) is 2.34. The van der Waals surface area contributed by atoms with Gasteiger partial charge in [0.1, 0.15) is 0 Å². The average Bonchev–Trinajstić information content (AvgIpc) is 2.71. The SMILES string of the molecule is CCC1(Nc2n[nH]c(=S)s2)CC1. The summed E-state index contributed by atoms with van der Waals surface area (Å²) in [7, 11) is 0. The van der Waals surface area contributed by atoms with E-state index in [1.807, 2.05) is 0 Å². The lowest BCUT2D eigenvalue weighted by Gasteiger charge is -2.12. The smallest absolute Gasteiger partial charge is 0.204 e. The number of anilines is 1. The van der Waals surface area contributed by atoms with Crippen molar-refractivity contribution in [3.8, 4) is 0 Å². The van der Waals surface area contributed by atoms with E-state index in [0.29, 0.717) is 5.54 Å². The standard InChI is InChI=1S/C7H11N3S2/c1-2-7(3-4-7)8-5-9-10-6(11)12-5/h2-4H2,1H3,(H,8,9)(H,10,11). The van der Waals surface area contributed by atoms with Crippen LogP contribution in [-0.2, 0) is 0 Å². The third-order valence-corrected chi connectivity index (χ3v) is 3.35. The summed E-state index contributed by atoms with van der Waals surface area (Å²) < 4.78 is 0.740. The Hall–Kier alpha value is -0.420. The van der Waals surface area contributed by atoms with E-state index < -0.39 is 0 Å². The normalized spacial score (nSPS) is 19.1. The molecule has 0 aliphatic heterocycles. The van der Waals surface area contributed by atoms with Gasteiger partial charge < -0.3 is 5.32 Å². The second-order valence-electron chi connectivity index (χ2n) is 3.18. The monoisotopic (exact) mass is 201 g/mol. The van der Waals surface area contributed by atoms with Gasteiger partial charge in [-0.1, -0.05) is 18.3 Å². The van der Waals surface area contributed by atoms with Crippen LogP contribution in [0, 0.1) is 3.95 Å². The average molecular weight is 201 g/mol. The summed E-state index contributed by atoms with van der Waals surface area (Å²) in [6.07, 6.45) is 3.69. The van der Waals surface area contributed by atoms with Crippen molar-refractivity contribution in [2.24, 2.45) is 0 Å². The van der Waals surface area contributed by atoms with Crippen LogP contribution in [0.3, 0.4) is 0 Å². The lowest BCUT2D eigenvalue weighted by Crippen LogP contribution is -2.19. The predicted molar refractivity (Wildman–Crippen MR) is 53.2 cm³/mol. The van der Waals surface area contributed by atoms with E-state index in [0.717, 1.165) is 9.09 Å². The van der Waals surface area contributed by atoms with E-state index >= 15 is 0 Å². The number of aromatic nitrogens is 2. The molecule has 0 saturated heterocycles. The Balaban J connectivity index is 2.08. The number of hydrogen-bond donors (Lipinski definition) is 2. The van der Waals surface area contributed by atoms with E-state index in [1.165, 1.54) is 30.6 Å². The van der Waals surface area contributed by atoms with E-state index in [2.05, 4.69) is 22.4 Å². The quantitative estimate of drug-likeness (QED) is 0.738. The number of hydrogen-bond acceptors (Lipinski definition) is 4. The molecule has 0 unspecified atom stereocenters. The zero-order valence-corrected chi connectivity index (χ0v) is 8.52. The summed E-state index contributed by atoms with van der Waals surface area (Å²) in [6.45, 7) is 2.20. The molecule has 0 amide bonds. The first kappa shape index (κ1) is 8.19. The Morgan fingerprint density at radius 2 is 2.50 bits per heavy atom. The van der Waals surface area contributed by atoms with Crippen molar-refractivity contribution in [2.75, 3.05) is 5.32 Å². The fourth-order valence-electron chi connectivity index (χ4n) is 1.23. The van der Waals surface area contributed by atoms with Crippen molar-refractivity contribution in [1.82, 2.24) is 10.2 Å². The molecule has 66 valence electrons. The molecule has 3 nitrogen and oxygen atoms in total. The van der Waals surface area contributed by atoms with Crippen LogP contribution in [0.2, 0.25) is 0 Å². The second kappa shape index (κ2) is 2.81. The summed E-state index contributed by atoms with van der Waals surface area (Å²) >= 11 is 6.45. The van der Waals surface area contributed by atoms with E-state index in [9.17, 15) is 0 Å². The minimum Gasteiger partial charge on any atom is -0.355 e. The molecule has 1 aliphatic carbocycles. The fourth-order valence-corrected chi connectivity index (χ4v) is 2.14. The molecule has 2 rings (SSSR count). The van der Waals surface area contributed by atoms with Crippen LogP contribution in [0.25, 0.3) is 0 Å². The number of nitrogens with one attached hydrogen (secondary N) is 2. The molecule has 0 aromatic carbocycles. The van der Waals surface area contributed by atoms with Crippen LogP contribution in [-0.4, -0.2) is 15.7 Å². The van der Waals surface area contributed by atoms with Crippen molar-refractivity contribution in [3.05, 3.63) is 3.95 Å². The highest BCUT2D eigenvalue weighted by molar-refractivity contribution is 7.73. The van der Waals surface area contributed by atoms with Crippen LogP contribution in [0.1, 0.15) is 26.2 Å². The molecule has 1 fully saturated rings. The molecule has 1 saturated carbocycles. The molecular formula is C7H11N3S2. The molecular weight excluding hydrogens is 190 g/mol. The van der Waals surface area contributed by atoms with Gasteiger partial charge in [0, 0.05) is 5.54 Å². The van der Waals surface area contributed by atoms with Gasteiger partial charge in [-0.05, 0) is 31.5 Å². The van der Waals surface area contributed by atoms with Gasteiger partial charge in [0.05, 0.1) is 0 Å². The summed E-state index contributed by atoms with van der Waals surface area (Å²) in [5.41, 5.74) is 0.341. The van der Waals surface area contributed by atoms with Gasteiger partial charge >= 0.3 is 0 Å². The van der Waals surface area contributed by atoms with Crippen LogP contribution < -0.4 is 5.32 Å². The molecule has 0 atom stereocenters. The van der Waals surface area contributed by atoms with Crippen molar-refractivity contribution >= 4 is 28.7 Å². The van der Waals surface area contributed by atoms with E-state index in [4.69, 9.17) is 12.2 Å². The molecule has 1 aromatic rings. The van der Waals surface area contributed by atoms with Gasteiger partial charge in [0.15, 0.2) is 3.95 Å². The first-order chi connectivity index (χ1) is 5.74. The van der Waals surface area contributed by atoms with Crippen molar-refractivity contribution in [3.63, 3.8) is 0 Å². The van der Waals surface area contributed by atoms with Gasteiger partial charge in [0.25, 0.3) is 0 Å². The van der Waals surface area contributed by atoms with Crippen LogP contribution in [0.15, 0.2) is 0 Å². The predicted octanol–water partition coefficient (Wildman–Crippen LogP) is 2.56. The zero-order chi connectivity index (χ0) is 8.60. The summed E-state index contributed by atoms with van der Waals surface area (Å²) in [5.74, 6) is 0. The van der Waals surface area contributed by atoms with Crippen molar-refractivity contribution in [1.29, 1.82) is 0 Å². The first-order valence-corrected chi connectivity index (χ1v) is 5.30. The highest BCUT2D eigenvalue weighted by Crippen LogP contribution is 2.41. The Morgan fingerprint density at radius 1 is 1.75 bits per heavy atom. The van der Waals surface area contributed by atoms with Crippen LogP contribution >= 0.6 is 23.6 Å². The van der Waals surface area contributed by atoms with E-state index in [1.54, 1.807) is 0 Å². The topological polar surface area (TPSA) is 40.7 Å². The Morgan fingerprint density at radius 3 is 2.92 bits per heavy atom. The molecule has 1 aromatic heterocycles. The molecule has 12 heavy (non-hydrogen) atoms. The zero-order valence-electron chi connectivity index (χ0n) is 6.89. The lowest BCUT2D eigenvalue weighted by atomic mass is 10.2. The minimum atomic E-state index is 0.341. The molecule has 0 spiro atoms. The molecule has 1 heterocycles. The maximum absolute atomic E-state index is 4.94. The number of H-pyrrole nitrogens is 1. The van der Waals surface area contributed by atoms with Crippen molar-refractivity contribution in [2.45, 2.75) is 31.7 Å². The number of nitrogens with zero attached hydrogens (tertiary/aromatic N) is 1. The highest BCUT2D eigenvalue weighted by atomic mass is 32.1. The first-order valence-electron chi connectivity index (χ1n) is 4.08. The van der Waals surface area contributed by atoms with Crippen LogP contribution in [0.4, 0.5) is 5.13 Å². The van der Waals surface area contributed by atoms with Gasteiger partial charge in [-0.25, -0.2) is 0 Å². The maximum Gasteiger partial charge on any atom is 0.204 e. The molecule has 5 heteroatoms. The van der Waals surface area contributed by atoms with Gasteiger partial charge in [-0.15, -0.1) is 5.10 Å². The lowest BCUT2D eigenvalue weighted by molar-refractivity contribution is 0.699. The maximum atomic E-state index is 4.94. The fraction of sp³-hybridized carbons (Fsp3) is 0.714. The van der Waals surface area contributed by atoms with Gasteiger partial charge in [-0.3, -0.25) is 5.10 Å². The number of rotatable bonds is 3. The Labute approximate surface area is 80.2 Å².